The highest BCUT2D eigenvalue weighted by atomic mass is 79.9. The van der Waals surface area contributed by atoms with Crippen molar-refractivity contribution in [3.05, 3.63) is 35.2 Å². The Morgan fingerprint density at radius 3 is 2.95 bits per heavy atom. The maximum atomic E-state index is 4.58. The van der Waals surface area contributed by atoms with Crippen molar-refractivity contribution < 1.29 is 0 Å². The molecule has 106 valence electrons. The van der Waals surface area contributed by atoms with E-state index < -0.39 is 0 Å². The fourth-order valence-electron chi connectivity index (χ4n) is 2.10. The largest absolute Gasteiger partial charge is 0.370 e. The zero-order valence-electron chi connectivity index (χ0n) is 11.3. The molecule has 0 atom stereocenters. The van der Waals surface area contributed by atoms with Crippen molar-refractivity contribution >= 4 is 21.7 Å². The van der Waals surface area contributed by atoms with Gasteiger partial charge in [-0.3, -0.25) is 0 Å². The third kappa shape index (κ3) is 3.79. The van der Waals surface area contributed by atoms with Crippen LogP contribution in [0.2, 0.25) is 0 Å². The second-order valence-corrected chi connectivity index (χ2v) is 5.96. The molecule has 0 amide bonds. The van der Waals surface area contributed by atoms with Gasteiger partial charge in [-0.25, -0.2) is 15.0 Å². The van der Waals surface area contributed by atoms with Crippen LogP contribution in [0, 0.1) is 0 Å². The topological polar surface area (TPSA) is 55.6 Å². The lowest BCUT2D eigenvalue weighted by atomic mass is 10.3. The van der Waals surface area contributed by atoms with Gasteiger partial charge in [-0.2, -0.15) is 0 Å². The fraction of sp³-hybridized carbons (Fsp3) is 0.500. The van der Waals surface area contributed by atoms with Crippen molar-refractivity contribution in [1.29, 1.82) is 0 Å². The van der Waals surface area contributed by atoms with Crippen LogP contribution in [0.5, 0.6) is 0 Å². The molecule has 0 saturated heterocycles. The number of hydrogen-bond acceptors (Lipinski definition) is 4. The molecule has 0 bridgehead atoms. The number of halogens is 1. The summed E-state index contributed by atoms with van der Waals surface area (Å²) in [6.07, 6.45) is 10.4. The first-order valence-electron chi connectivity index (χ1n) is 7.05. The zero-order chi connectivity index (χ0) is 13.8. The maximum absolute atomic E-state index is 4.58. The van der Waals surface area contributed by atoms with E-state index in [4.69, 9.17) is 0 Å². The predicted octanol–water partition coefficient (Wildman–Crippen LogP) is 3.21. The Morgan fingerprint density at radius 1 is 1.30 bits per heavy atom. The van der Waals surface area contributed by atoms with Crippen molar-refractivity contribution in [1.82, 2.24) is 19.5 Å². The number of aromatic nitrogens is 4. The molecule has 2 aromatic rings. The average Bonchev–Trinajstić information content (AvgIpc) is 3.16. The Hall–Kier alpha value is -1.43. The number of nitrogens with zero attached hydrogens (tertiary/aromatic N) is 4. The molecule has 2 heterocycles. The molecule has 0 aliphatic heterocycles. The minimum absolute atomic E-state index is 0.578. The van der Waals surface area contributed by atoms with Crippen LogP contribution >= 0.6 is 15.9 Å². The van der Waals surface area contributed by atoms with Gasteiger partial charge < -0.3 is 9.88 Å². The summed E-state index contributed by atoms with van der Waals surface area (Å²) in [5, 5.41) is 3.38. The lowest BCUT2D eigenvalue weighted by Gasteiger charge is -2.08. The minimum atomic E-state index is 0.578. The van der Waals surface area contributed by atoms with Crippen LogP contribution in [0.3, 0.4) is 0 Å². The third-order valence-corrected chi connectivity index (χ3v) is 3.77. The van der Waals surface area contributed by atoms with Gasteiger partial charge in [0.1, 0.15) is 16.2 Å². The molecular formula is C14H18BrN5. The summed E-state index contributed by atoms with van der Waals surface area (Å²) in [4.78, 5) is 13.0. The standard InChI is InChI=1S/C14H18BrN5/c15-12-9-13(19-14(18-12)11-3-4-11)17-5-1-2-7-20-8-6-16-10-20/h6,8-11H,1-5,7H2,(H,17,18,19). The van der Waals surface area contributed by atoms with E-state index >= 15 is 0 Å². The van der Waals surface area contributed by atoms with E-state index in [1.807, 2.05) is 24.8 Å². The van der Waals surface area contributed by atoms with E-state index in [0.717, 1.165) is 42.2 Å². The monoisotopic (exact) mass is 335 g/mol. The molecule has 0 aromatic carbocycles. The number of unbranched alkanes of at least 4 members (excludes halogenated alkanes) is 1. The lowest BCUT2D eigenvalue weighted by molar-refractivity contribution is 0.620. The Balaban J connectivity index is 1.43. The molecule has 1 fully saturated rings. The summed E-state index contributed by atoms with van der Waals surface area (Å²) < 4.78 is 2.97. The average molecular weight is 336 g/mol. The van der Waals surface area contributed by atoms with Gasteiger partial charge in [0.15, 0.2) is 0 Å². The van der Waals surface area contributed by atoms with Gasteiger partial charge in [0.25, 0.3) is 0 Å². The molecule has 2 aromatic heterocycles. The zero-order valence-corrected chi connectivity index (χ0v) is 12.9. The summed E-state index contributed by atoms with van der Waals surface area (Å²) in [6.45, 7) is 1.95. The molecule has 20 heavy (non-hydrogen) atoms. The van der Waals surface area contributed by atoms with Crippen LogP contribution < -0.4 is 5.32 Å². The number of nitrogens with one attached hydrogen (secondary N) is 1. The molecule has 1 N–H and O–H groups in total. The predicted molar refractivity (Wildman–Crippen MR) is 81.7 cm³/mol. The van der Waals surface area contributed by atoms with Crippen molar-refractivity contribution in [2.45, 2.75) is 38.1 Å². The highest BCUT2D eigenvalue weighted by Crippen LogP contribution is 2.38. The number of anilines is 1. The molecule has 1 aliphatic carbocycles. The van der Waals surface area contributed by atoms with E-state index in [1.54, 1.807) is 0 Å². The highest BCUT2D eigenvalue weighted by molar-refractivity contribution is 9.10. The Morgan fingerprint density at radius 2 is 2.20 bits per heavy atom. The summed E-state index contributed by atoms with van der Waals surface area (Å²) >= 11 is 3.46. The maximum Gasteiger partial charge on any atom is 0.135 e. The molecule has 0 unspecified atom stereocenters. The van der Waals surface area contributed by atoms with Gasteiger partial charge in [-0.05, 0) is 41.6 Å². The second kappa shape index (κ2) is 6.35. The lowest BCUT2D eigenvalue weighted by Crippen LogP contribution is -2.07. The van der Waals surface area contributed by atoms with Gasteiger partial charge in [-0.1, -0.05) is 0 Å². The molecule has 5 nitrogen and oxygen atoms in total. The molecule has 1 saturated carbocycles. The highest BCUT2D eigenvalue weighted by Gasteiger charge is 2.27. The summed E-state index contributed by atoms with van der Waals surface area (Å²) in [5.74, 6) is 2.48. The molecular weight excluding hydrogens is 318 g/mol. The normalized spacial score (nSPS) is 14.4. The van der Waals surface area contributed by atoms with Crippen LogP contribution in [0.25, 0.3) is 0 Å². The van der Waals surface area contributed by atoms with Gasteiger partial charge in [-0.15, -0.1) is 0 Å². The van der Waals surface area contributed by atoms with E-state index in [2.05, 4.69) is 40.8 Å². The van der Waals surface area contributed by atoms with Gasteiger partial charge in [0.05, 0.1) is 6.33 Å². The molecule has 1 aliphatic rings. The first-order valence-corrected chi connectivity index (χ1v) is 7.84. The molecule has 0 radical (unpaired) electrons. The minimum Gasteiger partial charge on any atom is -0.370 e. The van der Waals surface area contributed by atoms with Crippen LogP contribution in [0.4, 0.5) is 5.82 Å². The third-order valence-electron chi connectivity index (χ3n) is 3.36. The Kier molecular flexibility index (Phi) is 4.30. The van der Waals surface area contributed by atoms with Crippen LogP contribution in [-0.2, 0) is 6.54 Å². The fourth-order valence-corrected chi connectivity index (χ4v) is 2.50. The number of hydrogen-bond donors (Lipinski definition) is 1. The van der Waals surface area contributed by atoms with Crippen molar-refractivity contribution in [3.63, 3.8) is 0 Å². The molecule has 0 spiro atoms. The second-order valence-electron chi connectivity index (χ2n) is 5.14. The SMILES string of the molecule is Brc1cc(NCCCCn2ccnc2)nc(C2CC2)n1. The first-order chi connectivity index (χ1) is 9.81. The van der Waals surface area contributed by atoms with Gasteiger partial charge in [0, 0.05) is 37.5 Å². The summed E-state index contributed by atoms with van der Waals surface area (Å²) in [5.41, 5.74) is 0. The van der Waals surface area contributed by atoms with Crippen LogP contribution in [0.1, 0.15) is 37.4 Å². The summed E-state index contributed by atoms with van der Waals surface area (Å²) in [6, 6.07) is 1.95. The quantitative estimate of drug-likeness (QED) is 0.623. The van der Waals surface area contributed by atoms with Gasteiger partial charge in [0.2, 0.25) is 0 Å². The van der Waals surface area contributed by atoms with E-state index in [0.29, 0.717) is 5.92 Å². The molecule has 3 rings (SSSR count). The number of aryl methyl sites for hydroxylation is 1. The van der Waals surface area contributed by atoms with E-state index in [9.17, 15) is 0 Å². The molecule has 6 heteroatoms. The Labute approximate surface area is 127 Å². The van der Waals surface area contributed by atoms with Gasteiger partial charge >= 0.3 is 0 Å². The van der Waals surface area contributed by atoms with Crippen LogP contribution in [0.15, 0.2) is 29.4 Å². The van der Waals surface area contributed by atoms with Crippen molar-refractivity contribution in [3.8, 4) is 0 Å². The first kappa shape index (κ1) is 13.5. The van der Waals surface area contributed by atoms with E-state index in [1.165, 1.54) is 12.8 Å². The number of rotatable bonds is 7. The smallest absolute Gasteiger partial charge is 0.135 e. The summed E-state index contributed by atoms with van der Waals surface area (Å²) in [7, 11) is 0. The van der Waals surface area contributed by atoms with Crippen molar-refractivity contribution in [2.75, 3.05) is 11.9 Å². The van der Waals surface area contributed by atoms with Crippen molar-refractivity contribution in [2.24, 2.45) is 0 Å². The Bertz CT molecular complexity index is 551. The number of imidazole rings is 1. The van der Waals surface area contributed by atoms with Crippen LogP contribution in [-0.4, -0.2) is 26.1 Å². The van der Waals surface area contributed by atoms with E-state index in [-0.39, 0.29) is 0 Å².